The molecule has 3 nitrogen and oxygen atoms in total. The molecular formula is C27H24O3. The molecule has 4 aromatic carbocycles. The molecule has 1 aliphatic rings. The molecule has 0 amide bonds. The molecule has 3 heteroatoms. The summed E-state index contributed by atoms with van der Waals surface area (Å²) in [4.78, 5) is 0. The van der Waals surface area contributed by atoms with Gasteiger partial charge < -0.3 is 14.6 Å². The molecule has 4 aromatic rings. The second-order valence-electron chi connectivity index (χ2n) is 6.90. The lowest BCUT2D eigenvalue weighted by Crippen LogP contribution is -1.95. The van der Waals surface area contributed by atoms with Crippen LogP contribution in [0.25, 0.3) is 11.1 Å². The number of hydrogen-bond donors (Lipinski definition) is 1. The van der Waals surface area contributed by atoms with Crippen LogP contribution in [0.3, 0.4) is 0 Å². The minimum atomic E-state index is 0.250. The zero-order valence-corrected chi connectivity index (χ0v) is 16.9. The summed E-state index contributed by atoms with van der Waals surface area (Å²) in [7, 11) is 0. The molecule has 1 aliphatic carbocycles. The Morgan fingerprint density at radius 2 is 1.23 bits per heavy atom. The molecule has 0 aromatic heterocycles. The summed E-state index contributed by atoms with van der Waals surface area (Å²) < 4.78 is 12.5. The summed E-state index contributed by atoms with van der Waals surface area (Å²) in [6, 6.07) is 32.4. The molecule has 5 rings (SSSR count). The number of ether oxygens (including phenoxy) is 2. The van der Waals surface area contributed by atoms with Crippen molar-refractivity contribution >= 4 is 0 Å². The van der Waals surface area contributed by atoms with Crippen LogP contribution in [0.15, 0.2) is 97.1 Å². The van der Waals surface area contributed by atoms with Gasteiger partial charge in [-0.15, -0.1) is 0 Å². The second-order valence-corrected chi connectivity index (χ2v) is 6.90. The Morgan fingerprint density at radius 3 is 1.90 bits per heavy atom. The lowest BCUT2D eigenvalue weighted by Gasteiger charge is -2.16. The van der Waals surface area contributed by atoms with Crippen molar-refractivity contribution in [3.63, 3.8) is 0 Å². The van der Waals surface area contributed by atoms with E-state index >= 15 is 0 Å². The average molecular weight is 396 g/mol. The normalized spacial score (nSPS) is 11.0. The van der Waals surface area contributed by atoms with Crippen LogP contribution in [0, 0.1) is 0 Å². The summed E-state index contributed by atoms with van der Waals surface area (Å²) in [6.45, 7) is 1.93. The molecule has 0 fully saturated rings. The third-order valence-electron chi connectivity index (χ3n) is 4.83. The van der Waals surface area contributed by atoms with Gasteiger partial charge in [0.05, 0.1) is 0 Å². The van der Waals surface area contributed by atoms with E-state index in [1.54, 1.807) is 6.92 Å². The Balaban J connectivity index is 0.000000687. The summed E-state index contributed by atoms with van der Waals surface area (Å²) in [6.07, 6.45) is 0.847. The highest BCUT2D eigenvalue weighted by Gasteiger charge is 2.25. The maximum absolute atomic E-state index is 7.57. The predicted molar refractivity (Wildman–Crippen MR) is 120 cm³/mol. The van der Waals surface area contributed by atoms with Gasteiger partial charge >= 0.3 is 0 Å². The number of hydrogen-bond acceptors (Lipinski definition) is 3. The first kappa shape index (κ1) is 19.7. The van der Waals surface area contributed by atoms with Gasteiger partial charge in [-0.1, -0.05) is 66.7 Å². The van der Waals surface area contributed by atoms with Gasteiger partial charge in [0, 0.05) is 18.6 Å². The number of rotatable bonds is 4. The zero-order chi connectivity index (χ0) is 20.8. The minimum Gasteiger partial charge on any atom is -0.453 e. The lowest BCUT2D eigenvalue weighted by atomic mass is 10.0. The van der Waals surface area contributed by atoms with Gasteiger partial charge in [-0.05, 0) is 53.9 Å². The monoisotopic (exact) mass is 396 g/mol. The Hall–Kier alpha value is -3.56. The van der Waals surface area contributed by atoms with Gasteiger partial charge in [0.1, 0.15) is 11.5 Å². The van der Waals surface area contributed by atoms with Crippen LogP contribution < -0.4 is 9.47 Å². The first-order valence-corrected chi connectivity index (χ1v) is 10.1. The standard InChI is InChI=1S/C25H18O2.C2H6O/c1-3-10-19(11-4-1)26-24-16-15-22-21-14-8-7-9-18(21)17-23(22)25(24)27-20-12-5-2-6-13-20;1-2-3/h1-16H,17H2;3H,2H2,1H3. The molecule has 1 N–H and O–H groups in total. The van der Waals surface area contributed by atoms with Crippen molar-refractivity contribution in [1.82, 2.24) is 0 Å². The van der Waals surface area contributed by atoms with Gasteiger partial charge in [0.25, 0.3) is 0 Å². The zero-order valence-electron chi connectivity index (χ0n) is 16.9. The van der Waals surface area contributed by atoms with E-state index in [4.69, 9.17) is 14.6 Å². The van der Waals surface area contributed by atoms with Crippen molar-refractivity contribution < 1.29 is 14.6 Å². The summed E-state index contributed by atoms with van der Waals surface area (Å²) in [5.41, 5.74) is 4.99. The van der Waals surface area contributed by atoms with Crippen LogP contribution in [0.4, 0.5) is 0 Å². The molecule has 0 aliphatic heterocycles. The Morgan fingerprint density at radius 1 is 0.667 bits per heavy atom. The average Bonchev–Trinajstić information content (AvgIpc) is 3.16. The minimum absolute atomic E-state index is 0.250. The van der Waals surface area contributed by atoms with E-state index in [-0.39, 0.29) is 6.61 Å². The number of para-hydroxylation sites is 2. The Kier molecular flexibility index (Phi) is 6.11. The molecule has 0 atom stereocenters. The molecule has 150 valence electrons. The van der Waals surface area contributed by atoms with Gasteiger partial charge in [0.2, 0.25) is 0 Å². The van der Waals surface area contributed by atoms with Crippen molar-refractivity contribution in [3.8, 4) is 34.1 Å². The van der Waals surface area contributed by atoms with Crippen LogP contribution >= 0.6 is 0 Å². The van der Waals surface area contributed by atoms with Crippen molar-refractivity contribution in [2.45, 2.75) is 13.3 Å². The molecule has 0 spiro atoms. The van der Waals surface area contributed by atoms with E-state index in [1.807, 2.05) is 66.7 Å². The highest BCUT2D eigenvalue weighted by Crippen LogP contribution is 2.47. The van der Waals surface area contributed by atoms with Gasteiger partial charge in [-0.3, -0.25) is 0 Å². The van der Waals surface area contributed by atoms with Crippen LogP contribution in [-0.4, -0.2) is 11.7 Å². The van der Waals surface area contributed by atoms with E-state index in [0.717, 1.165) is 29.4 Å². The molecule has 30 heavy (non-hydrogen) atoms. The largest absolute Gasteiger partial charge is 0.453 e. The van der Waals surface area contributed by atoms with Gasteiger partial charge in [-0.2, -0.15) is 0 Å². The fourth-order valence-electron chi connectivity index (χ4n) is 3.58. The molecule has 0 heterocycles. The van der Waals surface area contributed by atoms with Crippen LogP contribution in [0.1, 0.15) is 18.1 Å². The second kappa shape index (κ2) is 9.29. The van der Waals surface area contributed by atoms with Crippen LogP contribution in [0.2, 0.25) is 0 Å². The topological polar surface area (TPSA) is 38.7 Å². The smallest absolute Gasteiger partial charge is 0.174 e. The lowest BCUT2D eigenvalue weighted by molar-refractivity contribution is 0.318. The maximum Gasteiger partial charge on any atom is 0.174 e. The van der Waals surface area contributed by atoms with E-state index < -0.39 is 0 Å². The van der Waals surface area contributed by atoms with E-state index in [1.165, 1.54) is 22.3 Å². The number of aliphatic hydroxyl groups excluding tert-OH is 1. The Labute approximate surface area is 177 Å². The highest BCUT2D eigenvalue weighted by atomic mass is 16.5. The van der Waals surface area contributed by atoms with Gasteiger partial charge in [0.15, 0.2) is 11.5 Å². The Bertz CT molecular complexity index is 1110. The molecule has 0 radical (unpaired) electrons. The van der Waals surface area contributed by atoms with Crippen LogP contribution in [0.5, 0.6) is 23.0 Å². The van der Waals surface area contributed by atoms with Crippen molar-refractivity contribution in [3.05, 3.63) is 108 Å². The fraction of sp³-hybridized carbons (Fsp3) is 0.111. The molecular weight excluding hydrogens is 372 g/mol. The van der Waals surface area contributed by atoms with E-state index in [2.05, 4.69) is 30.3 Å². The van der Waals surface area contributed by atoms with E-state index in [9.17, 15) is 0 Å². The summed E-state index contributed by atoms with van der Waals surface area (Å²) in [5.74, 6) is 3.13. The molecule has 0 bridgehead atoms. The highest BCUT2D eigenvalue weighted by molar-refractivity contribution is 5.81. The SMILES string of the molecule is CCO.c1ccc(Oc2ccc3c(c2Oc2ccccc2)Cc2ccccc2-3)cc1. The van der Waals surface area contributed by atoms with Crippen LogP contribution in [-0.2, 0) is 6.42 Å². The quantitative estimate of drug-likeness (QED) is 0.361. The molecule has 0 saturated heterocycles. The number of benzene rings is 4. The van der Waals surface area contributed by atoms with Crippen molar-refractivity contribution in [2.75, 3.05) is 6.61 Å². The third-order valence-corrected chi connectivity index (χ3v) is 4.83. The fourth-order valence-corrected chi connectivity index (χ4v) is 3.58. The van der Waals surface area contributed by atoms with Crippen molar-refractivity contribution in [2.24, 2.45) is 0 Å². The van der Waals surface area contributed by atoms with E-state index in [0.29, 0.717) is 0 Å². The summed E-state index contributed by atoms with van der Waals surface area (Å²) >= 11 is 0. The third kappa shape index (κ3) is 4.22. The van der Waals surface area contributed by atoms with Gasteiger partial charge in [-0.25, -0.2) is 0 Å². The first-order valence-electron chi connectivity index (χ1n) is 10.1. The first-order chi connectivity index (χ1) is 14.8. The summed E-state index contributed by atoms with van der Waals surface area (Å²) in [5, 5.41) is 7.57. The molecule has 0 saturated carbocycles. The maximum atomic E-state index is 7.57. The molecule has 0 unspecified atom stereocenters. The predicted octanol–water partition coefficient (Wildman–Crippen LogP) is 6.84. The number of fused-ring (bicyclic) bond motifs is 3. The number of aliphatic hydroxyl groups is 1. The van der Waals surface area contributed by atoms with Crippen molar-refractivity contribution in [1.29, 1.82) is 0 Å².